The lowest BCUT2D eigenvalue weighted by atomic mass is 10.1. The van der Waals surface area contributed by atoms with Crippen LogP contribution in [0.4, 0.5) is 13.2 Å². The van der Waals surface area contributed by atoms with Gasteiger partial charge in [0.25, 0.3) is 0 Å². The second-order valence-electron chi connectivity index (χ2n) is 5.09. The summed E-state index contributed by atoms with van der Waals surface area (Å²) >= 11 is 0. The number of para-hydroxylation sites is 1. The summed E-state index contributed by atoms with van der Waals surface area (Å²) in [5.74, 6) is -0.600. The minimum Gasteiger partial charge on any atom is -0.383 e. The molecule has 7 heteroatoms. The fraction of sp³-hybridized carbons (Fsp3) is 0.375. The molecular weight excluding hydrogens is 309 g/mol. The van der Waals surface area contributed by atoms with Gasteiger partial charge in [0.2, 0.25) is 5.91 Å². The summed E-state index contributed by atoms with van der Waals surface area (Å²) in [6, 6.07) is 8.91. The Hall–Kier alpha value is -2.15. The van der Waals surface area contributed by atoms with Crippen molar-refractivity contribution in [3.8, 4) is 0 Å². The molecule has 2 aromatic rings. The van der Waals surface area contributed by atoms with Crippen molar-refractivity contribution in [1.82, 2.24) is 9.88 Å². The Morgan fingerprint density at radius 2 is 2.00 bits per heavy atom. The lowest BCUT2D eigenvalue weighted by molar-refractivity contribution is -0.161. The summed E-state index contributed by atoms with van der Waals surface area (Å²) in [7, 11) is 1.38. The van der Waals surface area contributed by atoms with Gasteiger partial charge >= 0.3 is 6.18 Å². The molecule has 23 heavy (non-hydrogen) atoms. The van der Waals surface area contributed by atoms with Gasteiger partial charge in [0, 0.05) is 25.2 Å². The molecule has 0 saturated carbocycles. The predicted molar refractivity (Wildman–Crippen MR) is 80.0 cm³/mol. The number of pyridine rings is 1. The predicted octanol–water partition coefficient (Wildman–Crippen LogP) is 2.81. The Morgan fingerprint density at radius 1 is 1.26 bits per heavy atom. The van der Waals surface area contributed by atoms with Crippen LogP contribution in [0.1, 0.15) is 5.56 Å². The Morgan fingerprint density at radius 3 is 2.70 bits per heavy atom. The van der Waals surface area contributed by atoms with Crippen LogP contribution >= 0.6 is 0 Å². The van der Waals surface area contributed by atoms with Gasteiger partial charge in [-0.2, -0.15) is 13.2 Å². The van der Waals surface area contributed by atoms with E-state index in [1.54, 1.807) is 24.4 Å². The van der Waals surface area contributed by atoms with E-state index in [4.69, 9.17) is 4.74 Å². The first kappa shape index (κ1) is 17.2. The quantitative estimate of drug-likeness (QED) is 0.820. The lowest BCUT2D eigenvalue weighted by Crippen LogP contribution is -2.41. The smallest absolute Gasteiger partial charge is 0.383 e. The number of hydrogen-bond donors (Lipinski definition) is 0. The van der Waals surface area contributed by atoms with Gasteiger partial charge in [-0.1, -0.05) is 24.3 Å². The van der Waals surface area contributed by atoms with E-state index in [0.29, 0.717) is 11.1 Å². The molecular formula is C16H17F3N2O2. The SMILES string of the molecule is COCCN(CC(F)(F)F)C(=O)Cc1cccc2cccnc12. The van der Waals surface area contributed by atoms with E-state index in [1.807, 2.05) is 12.1 Å². The van der Waals surface area contributed by atoms with Crippen molar-refractivity contribution in [2.75, 3.05) is 26.8 Å². The van der Waals surface area contributed by atoms with Gasteiger partial charge in [-0.05, 0) is 11.6 Å². The third kappa shape index (κ3) is 4.92. The van der Waals surface area contributed by atoms with Crippen LogP contribution in [-0.2, 0) is 16.0 Å². The van der Waals surface area contributed by atoms with Crippen LogP contribution in [0.3, 0.4) is 0 Å². The standard InChI is InChI=1S/C16H17F3N2O2/c1-23-9-8-21(11-16(17,18)19)14(22)10-13-5-2-4-12-6-3-7-20-15(12)13/h2-7H,8-11H2,1H3. The number of rotatable bonds is 6. The number of carbonyl (C=O) groups is 1. The molecule has 0 aliphatic rings. The number of fused-ring (bicyclic) bond motifs is 1. The van der Waals surface area contributed by atoms with E-state index in [2.05, 4.69) is 4.98 Å². The average molecular weight is 326 g/mol. The minimum absolute atomic E-state index is 0.0512. The number of alkyl halides is 3. The van der Waals surface area contributed by atoms with E-state index in [1.165, 1.54) is 7.11 Å². The number of methoxy groups -OCH3 is 1. The number of hydrogen-bond acceptors (Lipinski definition) is 3. The molecule has 0 aliphatic carbocycles. The maximum atomic E-state index is 12.6. The Kier molecular flexibility index (Phi) is 5.54. The molecule has 2 rings (SSSR count). The van der Waals surface area contributed by atoms with E-state index in [9.17, 15) is 18.0 Å². The molecule has 0 aliphatic heterocycles. The van der Waals surface area contributed by atoms with Crippen LogP contribution in [-0.4, -0.2) is 48.8 Å². The first-order chi connectivity index (χ1) is 10.9. The third-order valence-corrected chi connectivity index (χ3v) is 3.35. The molecule has 0 atom stereocenters. The van der Waals surface area contributed by atoms with Crippen molar-refractivity contribution < 1.29 is 22.7 Å². The molecule has 0 N–H and O–H groups in total. The number of amides is 1. The normalized spacial score (nSPS) is 11.7. The van der Waals surface area contributed by atoms with Gasteiger partial charge in [-0.15, -0.1) is 0 Å². The van der Waals surface area contributed by atoms with Crippen LogP contribution in [0, 0.1) is 0 Å². The molecule has 0 fully saturated rings. The first-order valence-corrected chi connectivity index (χ1v) is 7.07. The fourth-order valence-corrected chi connectivity index (χ4v) is 2.29. The number of halogens is 3. The van der Waals surface area contributed by atoms with Gasteiger partial charge in [0.15, 0.2) is 0 Å². The van der Waals surface area contributed by atoms with E-state index in [0.717, 1.165) is 10.3 Å². The topological polar surface area (TPSA) is 42.4 Å². The van der Waals surface area contributed by atoms with Crippen molar-refractivity contribution in [3.05, 3.63) is 42.1 Å². The van der Waals surface area contributed by atoms with Crippen molar-refractivity contribution >= 4 is 16.8 Å². The molecule has 4 nitrogen and oxygen atoms in total. The summed E-state index contributed by atoms with van der Waals surface area (Å²) < 4.78 is 42.7. The molecule has 1 aromatic carbocycles. The maximum absolute atomic E-state index is 12.6. The van der Waals surface area contributed by atoms with E-state index in [-0.39, 0.29) is 19.6 Å². The molecule has 0 unspecified atom stereocenters. The van der Waals surface area contributed by atoms with Gasteiger partial charge in [-0.3, -0.25) is 9.78 Å². The molecule has 1 aromatic heterocycles. The zero-order chi connectivity index (χ0) is 16.9. The van der Waals surface area contributed by atoms with Gasteiger partial charge < -0.3 is 9.64 Å². The van der Waals surface area contributed by atoms with Crippen molar-refractivity contribution in [2.24, 2.45) is 0 Å². The number of benzene rings is 1. The highest BCUT2D eigenvalue weighted by atomic mass is 19.4. The molecule has 0 bridgehead atoms. The second kappa shape index (κ2) is 7.41. The first-order valence-electron chi connectivity index (χ1n) is 7.07. The Labute approximate surface area is 131 Å². The highest BCUT2D eigenvalue weighted by Gasteiger charge is 2.32. The highest BCUT2D eigenvalue weighted by molar-refractivity contribution is 5.87. The molecule has 0 radical (unpaired) electrons. The van der Waals surface area contributed by atoms with Crippen LogP contribution < -0.4 is 0 Å². The number of carbonyl (C=O) groups excluding carboxylic acids is 1. The van der Waals surface area contributed by atoms with E-state index >= 15 is 0 Å². The maximum Gasteiger partial charge on any atom is 0.406 e. The zero-order valence-corrected chi connectivity index (χ0v) is 12.6. The summed E-state index contributed by atoms with van der Waals surface area (Å²) in [6.45, 7) is -1.34. The largest absolute Gasteiger partial charge is 0.406 e. The second-order valence-corrected chi connectivity index (χ2v) is 5.09. The van der Waals surface area contributed by atoms with Gasteiger partial charge in [0.05, 0.1) is 18.5 Å². The summed E-state index contributed by atoms with van der Waals surface area (Å²) in [5, 5.41) is 0.845. The average Bonchev–Trinajstić information content (AvgIpc) is 2.50. The summed E-state index contributed by atoms with van der Waals surface area (Å²) in [6.07, 6.45) is -2.98. The van der Waals surface area contributed by atoms with Gasteiger partial charge in [0.1, 0.15) is 6.54 Å². The Balaban J connectivity index is 2.19. The van der Waals surface area contributed by atoms with Crippen molar-refractivity contribution in [1.29, 1.82) is 0 Å². The van der Waals surface area contributed by atoms with E-state index < -0.39 is 18.6 Å². The van der Waals surface area contributed by atoms with Crippen LogP contribution in [0.2, 0.25) is 0 Å². The Bertz CT molecular complexity index is 668. The monoisotopic (exact) mass is 326 g/mol. The lowest BCUT2D eigenvalue weighted by Gasteiger charge is -2.24. The van der Waals surface area contributed by atoms with Crippen LogP contribution in [0.5, 0.6) is 0 Å². The van der Waals surface area contributed by atoms with Crippen molar-refractivity contribution in [2.45, 2.75) is 12.6 Å². The van der Waals surface area contributed by atoms with Crippen LogP contribution in [0.15, 0.2) is 36.5 Å². The summed E-state index contributed by atoms with van der Waals surface area (Å²) in [5.41, 5.74) is 1.24. The van der Waals surface area contributed by atoms with Gasteiger partial charge in [-0.25, -0.2) is 0 Å². The molecule has 1 amide bonds. The molecule has 124 valence electrons. The zero-order valence-electron chi connectivity index (χ0n) is 12.6. The molecule has 0 spiro atoms. The molecule has 0 saturated heterocycles. The number of aromatic nitrogens is 1. The number of nitrogens with zero attached hydrogens (tertiary/aromatic N) is 2. The third-order valence-electron chi connectivity index (χ3n) is 3.35. The minimum atomic E-state index is -4.44. The summed E-state index contributed by atoms with van der Waals surface area (Å²) in [4.78, 5) is 17.3. The fourth-order valence-electron chi connectivity index (χ4n) is 2.29. The van der Waals surface area contributed by atoms with Crippen LogP contribution in [0.25, 0.3) is 10.9 Å². The molecule has 1 heterocycles. The highest BCUT2D eigenvalue weighted by Crippen LogP contribution is 2.20. The number of ether oxygens (including phenoxy) is 1. The van der Waals surface area contributed by atoms with Crippen molar-refractivity contribution in [3.63, 3.8) is 0 Å².